The van der Waals surface area contributed by atoms with Gasteiger partial charge in [0.15, 0.2) is 0 Å². The van der Waals surface area contributed by atoms with Gasteiger partial charge in [0.05, 0.1) is 6.20 Å². The van der Waals surface area contributed by atoms with Gasteiger partial charge in [-0.2, -0.15) is 5.10 Å². The largest absolute Gasteiger partial charge is 0.480 e. The van der Waals surface area contributed by atoms with E-state index in [2.05, 4.69) is 15.4 Å². The fourth-order valence-corrected chi connectivity index (χ4v) is 2.15. The molecule has 0 aliphatic carbocycles. The summed E-state index contributed by atoms with van der Waals surface area (Å²) >= 11 is 1.31. The number of nitrogens with one attached hydrogen (secondary N) is 1. The summed E-state index contributed by atoms with van der Waals surface area (Å²) < 4.78 is 1.64. The van der Waals surface area contributed by atoms with Crippen LogP contribution in [0.3, 0.4) is 0 Å². The van der Waals surface area contributed by atoms with Crippen LogP contribution in [0, 0.1) is 0 Å². The van der Waals surface area contributed by atoms with Gasteiger partial charge in [0, 0.05) is 24.2 Å². The number of carboxylic acids is 1. The highest BCUT2D eigenvalue weighted by Gasteiger charge is 2.18. The van der Waals surface area contributed by atoms with Crippen LogP contribution < -0.4 is 5.32 Å². The van der Waals surface area contributed by atoms with E-state index < -0.39 is 17.9 Å². The van der Waals surface area contributed by atoms with Crippen molar-refractivity contribution in [2.75, 3.05) is 0 Å². The number of carbonyl (C=O) groups is 2. The molecule has 2 aromatic rings. The summed E-state index contributed by atoms with van der Waals surface area (Å²) in [5, 5.41) is 17.4. The number of aryl methyl sites for hydroxylation is 1. The SMILES string of the molecule is CC(NC(=O)c1csc(-c2cnn(C)c2)n1)C(=O)O. The first kappa shape index (κ1) is 13.2. The lowest BCUT2D eigenvalue weighted by atomic mass is 10.3. The third-order valence-electron chi connectivity index (χ3n) is 2.41. The van der Waals surface area contributed by atoms with Crippen molar-refractivity contribution in [3.8, 4) is 10.6 Å². The van der Waals surface area contributed by atoms with E-state index >= 15 is 0 Å². The molecule has 0 aliphatic heterocycles. The zero-order valence-corrected chi connectivity index (χ0v) is 11.1. The molecule has 100 valence electrons. The molecule has 0 fully saturated rings. The minimum absolute atomic E-state index is 0.206. The van der Waals surface area contributed by atoms with E-state index in [9.17, 15) is 9.59 Å². The maximum Gasteiger partial charge on any atom is 0.325 e. The molecule has 2 heterocycles. The van der Waals surface area contributed by atoms with E-state index in [1.54, 1.807) is 29.5 Å². The molecule has 2 rings (SSSR count). The minimum Gasteiger partial charge on any atom is -0.480 e. The first-order valence-electron chi connectivity index (χ1n) is 5.45. The number of amides is 1. The Hall–Kier alpha value is -2.22. The second-order valence-corrected chi connectivity index (χ2v) is 4.83. The van der Waals surface area contributed by atoms with Crippen LogP contribution in [0.25, 0.3) is 10.6 Å². The van der Waals surface area contributed by atoms with Crippen molar-refractivity contribution < 1.29 is 14.7 Å². The van der Waals surface area contributed by atoms with Crippen molar-refractivity contribution in [3.63, 3.8) is 0 Å². The third-order valence-corrected chi connectivity index (χ3v) is 3.30. The van der Waals surface area contributed by atoms with Gasteiger partial charge in [0.2, 0.25) is 0 Å². The molecule has 0 spiro atoms. The van der Waals surface area contributed by atoms with Gasteiger partial charge in [0.25, 0.3) is 5.91 Å². The van der Waals surface area contributed by atoms with Crippen LogP contribution in [-0.2, 0) is 11.8 Å². The summed E-state index contributed by atoms with van der Waals surface area (Å²) in [4.78, 5) is 26.6. The summed E-state index contributed by atoms with van der Waals surface area (Å²) in [7, 11) is 1.79. The highest BCUT2D eigenvalue weighted by atomic mass is 32.1. The molecule has 2 aromatic heterocycles. The van der Waals surface area contributed by atoms with E-state index in [1.807, 2.05) is 0 Å². The van der Waals surface area contributed by atoms with Crippen LogP contribution in [0.5, 0.6) is 0 Å². The molecule has 0 radical (unpaired) electrons. The first-order chi connectivity index (χ1) is 8.97. The number of hydrogen-bond acceptors (Lipinski definition) is 5. The standard InChI is InChI=1S/C11H12N4O3S/c1-6(11(17)18)13-9(16)8-5-19-10(14-8)7-3-12-15(2)4-7/h3-6H,1-2H3,(H,13,16)(H,17,18). The highest BCUT2D eigenvalue weighted by Crippen LogP contribution is 2.22. The number of carbonyl (C=O) groups excluding carboxylic acids is 1. The molecule has 19 heavy (non-hydrogen) atoms. The Bertz CT molecular complexity index is 619. The van der Waals surface area contributed by atoms with Crippen LogP contribution >= 0.6 is 11.3 Å². The number of thiazole rings is 1. The molecular formula is C11H12N4O3S. The van der Waals surface area contributed by atoms with Crippen molar-refractivity contribution in [1.82, 2.24) is 20.1 Å². The van der Waals surface area contributed by atoms with Crippen LogP contribution in [0.4, 0.5) is 0 Å². The number of carboxylic acid groups (broad SMARTS) is 1. The van der Waals surface area contributed by atoms with Gasteiger partial charge in [-0.15, -0.1) is 11.3 Å². The molecule has 1 unspecified atom stereocenters. The van der Waals surface area contributed by atoms with Crippen molar-refractivity contribution in [2.24, 2.45) is 7.05 Å². The lowest BCUT2D eigenvalue weighted by molar-refractivity contribution is -0.138. The predicted molar refractivity (Wildman–Crippen MR) is 68.9 cm³/mol. The molecule has 0 saturated carbocycles. The Morgan fingerprint density at radius 2 is 2.26 bits per heavy atom. The van der Waals surface area contributed by atoms with E-state index in [4.69, 9.17) is 5.11 Å². The van der Waals surface area contributed by atoms with E-state index in [0.29, 0.717) is 5.01 Å². The van der Waals surface area contributed by atoms with E-state index in [0.717, 1.165) is 5.56 Å². The van der Waals surface area contributed by atoms with Crippen LogP contribution in [0.15, 0.2) is 17.8 Å². The average Bonchev–Trinajstić information content (AvgIpc) is 2.96. The van der Waals surface area contributed by atoms with E-state index in [1.165, 1.54) is 18.3 Å². The fraction of sp³-hybridized carbons (Fsp3) is 0.273. The van der Waals surface area contributed by atoms with Gasteiger partial charge in [-0.05, 0) is 6.92 Å². The smallest absolute Gasteiger partial charge is 0.325 e. The monoisotopic (exact) mass is 280 g/mol. The molecule has 0 bridgehead atoms. The number of rotatable bonds is 4. The lowest BCUT2D eigenvalue weighted by Gasteiger charge is -2.06. The molecule has 0 aliphatic rings. The van der Waals surface area contributed by atoms with Gasteiger partial charge >= 0.3 is 5.97 Å². The Kier molecular flexibility index (Phi) is 3.61. The third kappa shape index (κ3) is 2.97. The van der Waals surface area contributed by atoms with Gasteiger partial charge < -0.3 is 10.4 Å². The summed E-state index contributed by atoms with van der Waals surface area (Å²) in [6.45, 7) is 1.40. The van der Waals surface area contributed by atoms with Gasteiger partial charge in [0.1, 0.15) is 16.7 Å². The molecular weight excluding hydrogens is 268 g/mol. The van der Waals surface area contributed by atoms with Crippen molar-refractivity contribution in [2.45, 2.75) is 13.0 Å². The molecule has 0 saturated heterocycles. The summed E-state index contributed by atoms with van der Waals surface area (Å²) in [5.74, 6) is -1.59. The highest BCUT2D eigenvalue weighted by molar-refractivity contribution is 7.13. The number of hydrogen-bond donors (Lipinski definition) is 2. The summed E-state index contributed by atoms with van der Waals surface area (Å²) in [6, 6.07) is -0.948. The maximum atomic E-state index is 11.8. The topological polar surface area (TPSA) is 97.1 Å². The predicted octanol–water partition coefficient (Wildman–Crippen LogP) is 0.747. The summed E-state index contributed by atoms with van der Waals surface area (Å²) in [6.07, 6.45) is 3.45. The van der Waals surface area contributed by atoms with Crippen molar-refractivity contribution >= 4 is 23.2 Å². The quantitative estimate of drug-likeness (QED) is 0.861. The van der Waals surface area contributed by atoms with Gasteiger partial charge in [-0.25, -0.2) is 4.98 Å². The Labute approximate surface area is 112 Å². The number of aromatic nitrogens is 3. The lowest BCUT2D eigenvalue weighted by Crippen LogP contribution is -2.38. The number of nitrogens with zero attached hydrogens (tertiary/aromatic N) is 3. The normalized spacial score (nSPS) is 12.1. The van der Waals surface area contributed by atoms with Gasteiger partial charge in [-0.3, -0.25) is 14.3 Å². The maximum absolute atomic E-state index is 11.8. The van der Waals surface area contributed by atoms with Crippen molar-refractivity contribution in [3.05, 3.63) is 23.5 Å². The molecule has 1 atom stereocenters. The molecule has 2 N–H and O–H groups in total. The summed E-state index contributed by atoms with van der Waals surface area (Å²) in [5.41, 5.74) is 1.02. The zero-order chi connectivity index (χ0) is 14.0. The van der Waals surface area contributed by atoms with Gasteiger partial charge in [-0.1, -0.05) is 0 Å². The molecule has 7 nitrogen and oxygen atoms in total. The Balaban J connectivity index is 2.13. The van der Waals surface area contributed by atoms with Crippen LogP contribution in [0.1, 0.15) is 17.4 Å². The Morgan fingerprint density at radius 3 is 2.84 bits per heavy atom. The minimum atomic E-state index is -1.09. The first-order valence-corrected chi connectivity index (χ1v) is 6.33. The van der Waals surface area contributed by atoms with Crippen LogP contribution in [-0.4, -0.2) is 37.8 Å². The molecule has 1 amide bonds. The second kappa shape index (κ2) is 5.19. The fourth-order valence-electron chi connectivity index (χ4n) is 1.37. The van der Waals surface area contributed by atoms with Crippen LogP contribution in [0.2, 0.25) is 0 Å². The Morgan fingerprint density at radius 1 is 1.53 bits per heavy atom. The number of aliphatic carboxylic acids is 1. The molecule has 0 aromatic carbocycles. The van der Waals surface area contributed by atoms with E-state index in [-0.39, 0.29) is 5.69 Å². The average molecular weight is 280 g/mol. The zero-order valence-electron chi connectivity index (χ0n) is 10.3. The van der Waals surface area contributed by atoms with Crippen molar-refractivity contribution in [1.29, 1.82) is 0 Å². The molecule has 8 heteroatoms. The second-order valence-electron chi connectivity index (χ2n) is 3.97.